The van der Waals surface area contributed by atoms with Crippen LogP contribution in [0.25, 0.3) is 0 Å². The molecule has 2 aliphatic carbocycles. The summed E-state index contributed by atoms with van der Waals surface area (Å²) >= 11 is 0. The number of anilines is 2. The molecule has 2 aromatic rings. The molecule has 38 heavy (non-hydrogen) atoms. The molecular formula is C25H25FN4O6S2. The molecular weight excluding hydrogens is 535 g/mol. The molecule has 0 radical (unpaired) electrons. The van der Waals surface area contributed by atoms with Gasteiger partial charge in [0.05, 0.1) is 11.9 Å². The van der Waals surface area contributed by atoms with E-state index in [1.54, 1.807) is 17.0 Å². The topological polar surface area (TPSA) is 145 Å². The van der Waals surface area contributed by atoms with Crippen molar-refractivity contribution in [2.24, 2.45) is 22.2 Å². The first-order valence-electron chi connectivity index (χ1n) is 12.1. The van der Waals surface area contributed by atoms with Crippen molar-refractivity contribution in [2.45, 2.75) is 36.7 Å². The second-order valence-electron chi connectivity index (χ2n) is 10.3. The summed E-state index contributed by atoms with van der Waals surface area (Å²) in [7, 11) is -7.99. The Bertz CT molecular complexity index is 1640. The van der Waals surface area contributed by atoms with Crippen molar-refractivity contribution in [1.82, 2.24) is 4.90 Å². The lowest BCUT2D eigenvalue weighted by atomic mass is 9.77. The fourth-order valence-electron chi connectivity index (χ4n) is 6.38. The summed E-state index contributed by atoms with van der Waals surface area (Å²) < 4.78 is 69.0. The average Bonchev–Trinajstić information content (AvgIpc) is 3.45. The van der Waals surface area contributed by atoms with E-state index in [2.05, 4.69) is 14.4 Å². The summed E-state index contributed by atoms with van der Waals surface area (Å²) in [5.41, 5.74) is 0.654. The van der Waals surface area contributed by atoms with Crippen LogP contribution in [0.15, 0.2) is 63.1 Å². The summed E-state index contributed by atoms with van der Waals surface area (Å²) in [5.74, 6) is -1.38. The van der Waals surface area contributed by atoms with Crippen LogP contribution >= 0.6 is 0 Å². The van der Waals surface area contributed by atoms with Gasteiger partial charge in [0.2, 0.25) is 10.0 Å². The van der Waals surface area contributed by atoms with E-state index < -0.39 is 31.8 Å². The third-order valence-electron chi connectivity index (χ3n) is 7.81. The molecule has 0 saturated heterocycles. The molecule has 2 heterocycles. The predicted molar refractivity (Wildman–Crippen MR) is 138 cm³/mol. The minimum Gasteiger partial charge on any atom is -0.511 e. The average molecular weight is 561 g/mol. The number of fused-ring (bicyclic) bond motifs is 6. The van der Waals surface area contributed by atoms with Crippen LogP contribution in [0.5, 0.6) is 0 Å². The maximum atomic E-state index is 13.9. The lowest BCUT2D eigenvalue weighted by Crippen LogP contribution is -2.53. The minimum absolute atomic E-state index is 0.0429. The molecule has 4 atom stereocenters. The summed E-state index contributed by atoms with van der Waals surface area (Å²) in [5, 5.41) is 14.3. The first-order valence-corrected chi connectivity index (χ1v) is 15.5. The molecule has 10 nitrogen and oxygen atoms in total. The second-order valence-corrected chi connectivity index (χ2v) is 13.6. The van der Waals surface area contributed by atoms with Gasteiger partial charge in [0, 0.05) is 24.2 Å². The maximum Gasteiger partial charge on any atom is 0.286 e. The number of halogens is 1. The smallest absolute Gasteiger partial charge is 0.286 e. The molecule has 13 heteroatoms. The number of hydrogen-bond donors (Lipinski definition) is 3. The van der Waals surface area contributed by atoms with E-state index >= 15 is 0 Å². The van der Waals surface area contributed by atoms with Crippen LogP contribution < -0.4 is 10.0 Å². The third kappa shape index (κ3) is 4.13. The monoisotopic (exact) mass is 560 g/mol. The molecule has 2 aromatic carbocycles. The van der Waals surface area contributed by atoms with Crippen LogP contribution in [0, 0.1) is 23.6 Å². The van der Waals surface area contributed by atoms with Gasteiger partial charge in [-0.1, -0.05) is 12.1 Å². The van der Waals surface area contributed by atoms with Gasteiger partial charge in [-0.05, 0) is 67.0 Å². The lowest BCUT2D eigenvalue weighted by molar-refractivity contribution is -0.134. The molecule has 1 amide bonds. The number of nitrogens with one attached hydrogen (secondary N) is 2. The highest BCUT2D eigenvalue weighted by atomic mass is 32.2. The van der Waals surface area contributed by atoms with Gasteiger partial charge >= 0.3 is 0 Å². The number of hydrogen-bond acceptors (Lipinski definition) is 7. The summed E-state index contributed by atoms with van der Waals surface area (Å²) in [6.07, 6.45) is 3.64. The van der Waals surface area contributed by atoms with Gasteiger partial charge in [0.25, 0.3) is 15.9 Å². The Balaban J connectivity index is 1.41. The van der Waals surface area contributed by atoms with E-state index in [1.165, 1.54) is 24.3 Å². The van der Waals surface area contributed by atoms with Crippen LogP contribution in [0.3, 0.4) is 0 Å². The zero-order valence-corrected chi connectivity index (χ0v) is 21.9. The standard InChI is InChI=1S/C25H25FN4O6S2/c1-37(33,34)28-17-8-9-18-19(11-17)38(35,36)29-24(27-18)21-23(31)20-14-4-5-15(10-14)22(20)30(25(21)32)12-13-2-6-16(26)7-3-13/h2-3,6-9,11,14-15,20,22,28,31H,4-5,10,12H2,1H3,(H,27,29)/t14-,15+,20-,22-/m0/s1. The summed E-state index contributed by atoms with van der Waals surface area (Å²) in [6.45, 7) is 0.178. The number of carbonyl (C=O) groups excluding carboxylic acids is 1. The van der Waals surface area contributed by atoms with Crippen LogP contribution in [0.1, 0.15) is 24.8 Å². The van der Waals surface area contributed by atoms with E-state index in [-0.39, 0.29) is 63.8 Å². The van der Waals surface area contributed by atoms with Crippen molar-refractivity contribution >= 4 is 43.2 Å². The second kappa shape index (κ2) is 8.53. The Morgan fingerprint density at radius 2 is 1.87 bits per heavy atom. The van der Waals surface area contributed by atoms with Crippen molar-refractivity contribution in [2.75, 3.05) is 16.3 Å². The molecule has 3 N–H and O–H groups in total. The Kier molecular flexibility index (Phi) is 5.58. The number of carbonyl (C=O) groups is 1. The van der Waals surface area contributed by atoms with Crippen LogP contribution in [0.4, 0.5) is 15.8 Å². The van der Waals surface area contributed by atoms with E-state index in [9.17, 15) is 31.1 Å². The van der Waals surface area contributed by atoms with Crippen molar-refractivity contribution in [3.8, 4) is 0 Å². The van der Waals surface area contributed by atoms with Crippen molar-refractivity contribution < 1.29 is 31.1 Å². The molecule has 0 unspecified atom stereocenters. The van der Waals surface area contributed by atoms with Crippen molar-refractivity contribution in [3.63, 3.8) is 0 Å². The number of rotatable bonds is 5. The van der Waals surface area contributed by atoms with Gasteiger partial charge in [-0.3, -0.25) is 9.52 Å². The molecule has 6 rings (SSSR count). The van der Waals surface area contributed by atoms with Crippen molar-refractivity contribution in [1.29, 1.82) is 0 Å². The van der Waals surface area contributed by atoms with Gasteiger partial charge in [0.1, 0.15) is 22.0 Å². The van der Waals surface area contributed by atoms with E-state index in [4.69, 9.17) is 0 Å². The summed E-state index contributed by atoms with van der Waals surface area (Å²) in [6, 6.07) is 9.49. The van der Waals surface area contributed by atoms with Crippen LogP contribution in [0.2, 0.25) is 0 Å². The number of aliphatic hydroxyl groups excluding tert-OH is 1. The zero-order chi connectivity index (χ0) is 27.0. The van der Waals surface area contributed by atoms with E-state index in [0.29, 0.717) is 5.56 Å². The molecule has 2 fully saturated rings. The van der Waals surface area contributed by atoms with Gasteiger partial charge < -0.3 is 15.3 Å². The minimum atomic E-state index is -4.35. The molecule has 2 aliphatic heterocycles. The molecule has 0 spiro atoms. The van der Waals surface area contributed by atoms with Crippen LogP contribution in [-0.4, -0.2) is 50.9 Å². The third-order valence-corrected chi connectivity index (χ3v) is 9.73. The fraction of sp³-hybridized carbons (Fsp3) is 0.360. The highest BCUT2D eigenvalue weighted by Gasteiger charge is 2.57. The Morgan fingerprint density at radius 1 is 1.16 bits per heavy atom. The van der Waals surface area contributed by atoms with Gasteiger partial charge in [-0.25, -0.2) is 12.8 Å². The quantitative estimate of drug-likeness (QED) is 0.510. The molecule has 2 bridgehead atoms. The molecule has 4 aliphatic rings. The van der Waals surface area contributed by atoms with Gasteiger partial charge in [-0.15, -0.1) is 4.40 Å². The first kappa shape index (κ1) is 24.9. The normalized spacial score (nSPS) is 27.5. The Labute approximate surface area is 219 Å². The highest BCUT2D eigenvalue weighted by Crippen LogP contribution is 2.55. The molecule has 2 saturated carbocycles. The Morgan fingerprint density at radius 3 is 2.58 bits per heavy atom. The number of aliphatic hydroxyl groups is 1. The first-order chi connectivity index (χ1) is 17.9. The van der Waals surface area contributed by atoms with E-state index in [1.807, 2.05) is 0 Å². The largest absolute Gasteiger partial charge is 0.511 e. The van der Waals surface area contributed by atoms with Gasteiger partial charge in [0.15, 0.2) is 5.84 Å². The van der Waals surface area contributed by atoms with Crippen LogP contribution in [-0.2, 0) is 31.4 Å². The van der Waals surface area contributed by atoms with E-state index in [0.717, 1.165) is 31.6 Å². The van der Waals surface area contributed by atoms with Gasteiger partial charge in [-0.2, -0.15) is 8.42 Å². The fourth-order valence-corrected chi connectivity index (χ4v) is 8.08. The SMILES string of the molecule is CS(=O)(=O)Nc1ccc2c(c1)S(=O)(=O)N=C(C1=C(O)[C@H]3[C@H]4CC[C@H](C4)[C@@H]3N(Cc3ccc(F)cc3)C1=O)N2. The summed E-state index contributed by atoms with van der Waals surface area (Å²) in [4.78, 5) is 15.3. The zero-order valence-electron chi connectivity index (χ0n) is 20.3. The maximum absolute atomic E-state index is 13.9. The van der Waals surface area contributed by atoms with Crippen molar-refractivity contribution in [3.05, 3.63) is 65.2 Å². The molecule has 0 aromatic heterocycles. The predicted octanol–water partition coefficient (Wildman–Crippen LogP) is 2.98. The molecule has 200 valence electrons. The number of sulfonamides is 2. The number of nitrogens with zero attached hydrogens (tertiary/aromatic N) is 2. The lowest BCUT2D eigenvalue weighted by Gasteiger charge is -2.44. The number of amidine groups is 1. The number of benzene rings is 2. The highest BCUT2D eigenvalue weighted by molar-refractivity contribution is 7.92. The Hall–Kier alpha value is -3.45. The number of amides is 1.